The molecule has 0 aliphatic carbocycles. The van der Waals surface area contributed by atoms with Crippen molar-refractivity contribution in [2.75, 3.05) is 53.0 Å². The molecule has 29 heteroatoms. The van der Waals surface area contributed by atoms with Crippen LogP contribution in [0, 0.1) is 69.7 Å². The van der Waals surface area contributed by atoms with Gasteiger partial charge in [0.05, 0.1) is 100 Å². The van der Waals surface area contributed by atoms with Crippen molar-refractivity contribution >= 4 is 51.1 Å². The summed E-state index contributed by atoms with van der Waals surface area (Å²) in [6.45, 7) is 19.4. The standard InChI is InChI=1S/C27H30FN5.2C22H18FN3O2.C20H14FN3O2.C19H13F2N3/c1-20-17-22(6-8-24(20)28)27-23(5-3-10-29-27)21-7-9-25-26(18-21)33(19-30-25)12-4-11-32-15-13-31(2)14-16-32;1-3-28-22(27)21-25-12-17-8-6-16(13-26(17)21)18-5-4-10-24-20(18)15-7-9-19(23)14(2)11-15;1-3-28-22(27)21-25-13-17-12-15(8-10-26(17)21)18-5-4-9-24-20(18)16-6-7-19(23)14(2)11-16;1-12-9-13(5-7-17(12)21)18-16(3-2-8-22-18)14-4-6-15-10-23-19(20(25)26)24(15)11-14;1-12-9-13(4-6-16(12)20)19-15(3-2-8-22-19)14-5-7-18-23-17(21)11-24(18)10-14/h3,5-10,17-19H,4,11-16H2,1-2H3;2*4-13H,3H2,1-2H3;2-11H,1H3,(H,25,26);2-11H,1H3. The van der Waals surface area contributed by atoms with Crippen LogP contribution in [0.3, 0.4) is 0 Å². The van der Waals surface area contributed by atoms with E-state index in [2.05, 4.69) is 95.5 Å². The Balaban J connectivity index is 0.000000120. The van der Waals surface area contributed by atoms with Gasteiger partial charge in [-0.1, -0.05) is 48.5 Å². The molecule has 696 valence electrons. The Morgan fingerprint density at radius 1 is 0.367 bits per heavy atom. The van der Waals surface area contributed by atoms with Crippen molar-refractivity contribution in [3.8, 4) is 112 Å². The van der Waals surface area contributed by atoms with Crippen molar-refractivity contribution in [1.82, 2.24) is 81.8 Å². The number of rotatable bonds is 19. The Labute approximate surface area is 795 Å². The van der Waals surface area contributed by atoms with E-state index in [1.165, 1.54) is 47.1 Å². The van der Waals surface area contributed by atoms with Crippen LogP contribution in [-0.4, -0.2) is 158 Å². The molecule has 23 nitrogen and oxygen atoms in total. The highest BCUT2D eigenvalue weighted by Gasteiger charge is 2.24. The number of aromatic nitrogens is 15. The molecule has 139 heavy (non-hydrogen) atoms. The number of halogens is 6. The third kappa shape index (κ3) is 21.0. The van der Waals surface area contributed by atoms with Gasteiger partial charge in [-0.3, -0.25) is 38.1 Å². The van der Waals surface area contributed by atoms with E-state index in [1.54, 1.807) is 178 Å². The van der Waals surface area contributed by atoms with E-state index in [0.29, 0.717) is 51.3 Å². The number of likely N-dealkylation sites (N-methyl/N-ethyl adjacent to an activating group) is 1. The molecule has 6 aromatic carbocycles. The Hall–Kier alpha value is -16.8. The summed E-state index contributed by atoms with van der Waals surface area (Å²) in [5.74, 6) is -3.33. The number of hydrogen-bond acceptors (Lipinski definition) is 17. The highest BCUT2D eigenvalue weighted by atomic mass is 19.1. The zero-order valence-electron chi connectivity index (χ0n) is 77.1. The first-order valence-corrected chi connectivity index (χ1v) is 45.0. The van der Waals surface area contributed by atoms with Crippen LogP contribution in [0.5, 0.6) is 0 Å². The molecule has 1 aliphatic heterocycles. The summed E-state index contributed by atoms with van der Waals surface area (Å²) in [4.78, 5) is 83.8. The molecule has 1 N–H and O–H groups in total. The summed E-state index contributed by atoms with van der Waals surface area (Å²) in [6.07, 6.45) is 24.9. The zero-order valence-corrected chi connectivity index (χ0v) is 77.1. The third-order valence-electron chi connectivity index (χ3n) is 24.0. The number of hydrogen-bond donors (Lipinski definition) is 1. The van der Waals surface area contributed by atoms with E-state index in [4.69, 9.17) is 9.47 Å². The van der Waals surface area contributed by atoms with E-state index in [1.807, 2.05) is 122 Å². The van der Waals surface area contributed by atoms with Gasteiger partial charge in [0.25, 0.3) is 0 Å². The number of esters is 2. The first kappa shape index (κ1) is 94.0. The Kier molecular flexibility index (Phi) is 28.4. The number of aromatic carboxylic acids is 1. The lowest BCUT2D eigenvalue weighted by Gasteiger charge is -2.32. The second-order valence-electron chi connectivity index (χ2n) is 33.3. The smallest absolute Gasteiger partial charge is 0.374 e. The molecule has 0 saturated carbocycles. The number of imidazole rings is 5. The molecular formula is C110H93F6N17O6. The van der Waals surface area contributed by atoms with E-state index in [-0.39, 0.29) is 53.2 Å². The molecule has 20 aromatic rings. The molecule has 0 radical (unpaired) electrons. The van der Waals surface area contributed by atoms with E-state index in [0.717, 1.165) is 174 Å². The second kappa shape index (κ2) is 42.0. The lowest BCUT2D eigenvalue weighted by atomic mass is 9.98. The number of carbonyl (C=O) groups is 3. The molecule has 14 aromatic heterocycles. The van der Waals surface area contributed by atoms with Gasteiger partial charge in [-0.25, -0.2) is 61.3 Å². The third-order valence-corrected chi connectivity index (χ3v) is 24.0. The van der Waals surface area contributed by atoms with Gasteiger partial charge < -0.3 is 33.3 Å². The Morgan fingerprint density at radius 3 is 1.17 bits per heavy atom. The van der Waals surface area contributed by atoms with Gasteiger partial charge in [-0.15, -0.1) is 0 Å². The summed E-state index contributed by atoms with van der Waals surface area (Å²) in [5.41, 5.74) is 24.9. The highest BCUT2D eigenvalue weighted by molar-refractivity contribution is 5.92. The molecule has 0 atom stereocenters. The fourth-order valence-corrected chi connectivity index (χ4v) is 16.7. The number of benzene rings is 6. The van der Waals surface area contributed by atoms with Gasteiger partial charge in [0, 0.05) is 161 Å². The lowest BCUT2D eigenvalue weighted by molar-refractivity contribution is 0.0502. The number of fused-ring (bicyclic) bond motifs is 5. The van der Waals surface area contributed by atoms with Crippen LogP contribution in [0.4, 0.5) is 26.3 Å². The average Bonchev–Trinajstić information content (AvgIpc) is 1.74. The van der Waals surface area contributed by atoms with E-state index in [9.17, 15) is 45.8 Å². The maximum atomic E-state index is 13.8. The summed E-state index contributed by atoms with van der Waals surface area (Å²) in [6, 6.07) is 65.4. The predicted molar refractivity (Wildman–Crippen MR) is 525 cm³/mol. The van der Waals surface area contributed by atoms with E-state index < -0.39 is 23.9 Å². The van der Waals surface area contributed by atoms with Gasteiger partial charge in [0.15, 0.2) is 0 Å². The largest absolute Gasteiger partial charge is 0.475 e. The van der Waals surface area contributed by atoms with Crippen LogP contribution in [0.2, 0.25) is 0 Å². The van der Waals surface area contributed by atoms with Crippen molar-refractivity contribution < 1.29 is 55.3 Å². The number of nitrogens with zero attached hydrogens (tertiary/aromatic N) is 17. The molecule has 0 unspecified atom stereocenters. The SMILES string of the molecule is CCOC(=O)c1ncc2cc(-c3cccnc3-c3ccc(F)c(C)c3)ccn12.CCOC(=O)c1ncc2ccc(-c3cccnc3-c3ccc(F)c(C)c3)cn12.Cc1cc(-c2ncccc2-c2ccc3cnc(C(=O)O)n3c2)ccc1F.Cc1cc(-c2ncccc2-c2ccc3nc(F)cn3c2)ccc1F.Cc1cc(-c2ncccc2-c2ccc3ncn(CCCN4CCN(C)CC4)c3c2)ccc1F. The quantitative estimate of drug-likeness (QED) is 0.0584. The monoisotopic (exact) mass is 1860 g/mol. The Bertz CT molecular complexity index is 7980. The number of carbonyl (C=O) groups excluding carboxylic acids is 2. The molecule has 0 spiro atoms. The fraction of sp³-hybridized carbons (Fsp3) is 0.155. The average molecular weight is 1860 g/mol. The van der Waals surface area contributed by atoms with Crippen LogP contribution in [0.1, 0.15) is 79.9 Å². The van der Waals surface area contributed by atoms with Crippen LogP contribution in [0.15, 0.2) is 305 Å². The summed E-state index contributed by atoms with van der Waals surface area (Å²) >= 11 is 0. The molecule has 1 saturated heterocycles. The molecular weight excluding hydrogens is 1770 g/mol. The first-order valence-electron chi connectivity index (χ1n) is 45.0. The minimum absolute atomic E-state index is 0.0510. The van der Waals surface area contributed by atoms with Crippen LogP contribution in [-0.2, 0) is 16.0 Å². The van der Waals surface area contributed by atoms with Crippen LogP contribution < -0.4 is 0 Å². The maximum absolute atomic E-state index is 13.8. The molecule has 0 bridgehead atoms. The topological polar surface area (TPSA) is 248 Å². The van der Waals surface area contributed by atoms with Gasteiger partial charge in [0.1, 0.15) is 34.7 Å². The van der Waals surface area contributed by atoms with Crippen molar-refractivity contribution in [2.24, 2.45) is 0 Å². The number of piperazine rings is 1. The molecule has 1 fully saturated rings. The van der Waals surface area contributed by atoms with Crippen LogP contribution >= 0.6 is 0 Å². The molecule has 21 rings (SSSR count). The summed E-state index contributed by atoms with van der Waals surface area (Å²) in [7, 11) is 2.19. The molecule has 15 heterocycles. The molecule has 1 aliphatic rings. The van der Waals surface area contributed by atoms with Gasteiger partial charge in [-0.05, 0) is 277 Å². The zero-order chi connectivity index (χ0) is 97.1. The normalized spacial score (nSPS) is 12.0. The second-order valence-corrected chi connectivity index (χ2v) is 33.3. The van der Waals surface area contributed by atoms with E-state index >= 15 is 0 Å². The van der Waals surface area contributed by atoms with Crippen molar-refractivity contribution in [2.45, 2.75) is 61.4 Å². The highest BCUT2D eigenvalue weighted by Crippen LogP contribution is 2.39. The maximum Gasteiger partial charge on any atom is 0.374 e. The summed E-state index contributed by atoms with van der Waals surface area (Å²) in [5, 5.41) is 9.29. The summed E-state index contributed by atoms with van der Waals surface area (Å²) < 4.78 is 101. The minimum atomic E-state index is -1.09. The fourth-order valence-electron chi connectivity index (χ4n) is 16.7. The Morgan fingerprint density at radius 2 is 0.741 bits per heavy atom. The van der Waals surface area contributed by atoms with Gasteiger partial charge in [0.2, 0.25) is 23.4 Å². The number of carboxylic acids is 1. The van der Waals surface area contributed by atoms with Gasteiger partial charge in [-0.2, -0.15) is 4.39 Å². The number of pyridine rings is 9. The van der Waals surface area contributed by atoms with Crippen molar-refractivity contribution in [1.29, 1.82) is 0 Å². The van der Waals surface area contributed by atoms with Crippen molar-refractivity contribution in [3.63, 3.8) is 0 Å². The number of ether oxygens (including phenoxy) is 2. The number of carboxylic acid groups (broad SMARTS) is 1. The first-order chi connectivity index (χ1) is 67.4. The van der Waals surface area contributed by atoms with Gasteiger partial charge >= 0.3 is 17.9 Å². The minimum Gasteiger partial charge on any atom is -0.475 e. The lowest BCUT2D eigenvalue weighted by Crippen LogP contribution is -2.44. The number of aryl methyl sites for hydroxylation is 6. The van der Waals surface area contributed by atoms with Crippen molar-refractivity contribution in [3.05, 3.63) is 386 Å². The van der Waals surface area contributed by atoms with Crippen LogP contribution in [0.25, 0.3) is 145 Å². The predicted octanol–water partition coefficient (Wildman–Crippen LogP) is 23.1. The molecule has 0 amide bonds.